The Labute approximate surface area is 124 Å². The van der Waals surface area contributed by atoms with E-state index < -0.39 is 0 Å². The molecule has 2 rings (SSSR count). The predicted octanol–water partition coefficient (Wildman–Crippen LogP) is 2.10. The normalized spacial score (nSPS) is 10.7. The molecule has 5 nitrogen and oxygen atoms in total. The summed E-state index contributed by atoms with van der Waals surface area (Å²) < 4.78 is 18.0. The fourth-order valence-electron chi connectivity index (χ4n) is 1.96. The molecule has 0 spiro atoms. The molecule has 0 unspecified atom stereocenters. The molecular weight excluding hydrogens is 268 g/mol. The first kappa shape index (κ1) is 14.8. The van der Waals surface area contributed by atoms with Crippen molar-refractivity contribution in [2.75, 3.05) is 21.3 Å². The fraction of sp³-hybridized carbons (Fsp3) is 0.250. The average molecular weight is 287 g/mol. The minimum absolute atomic E-state index is 0.688. The third-order valence-corrected chi connectivity index (χ3v) is 3.16. The molecule has 0 aliphatic carbocycles. The van der Waals surface area contributed by atoms with Crippen LogP contribution in [0, 0.1) is 0 Å². The lowest BCUT2D eigenvalue weighted by Crippen LogP contribution is -2.31. The van der Waals surface area contributed by atoms with Crippen LogP contribution in [0.4, 0.5) is 0 Å². The van der Waals surface area contributed by atoms with Crippen molar-refractivity contribution in [3.05, 3.63) is 42.0 Å². The summed E-state index contributed by atoms with van der Waals surface area (Å²) in [6, 6.07) is 3.65. The summed E-state index contributed by atoms with van der Waals surface area (Å²) >= 11 is 0. The molecule has 1 heterocycles. The van der Waals surface area contributed by atoms with E-state index in [0.29, 0.717) is 17.2 Å². The lowest BCUT2D eigenvalue weighted by molar-refractivity contribution is -0.673. The number of aryl methyl sites for hydroxylation is 1. The summed E-state index contributed by atoms with van der Waals surface area (Å²) in [5.74, 6) is 2.07. The van der Waals surface area contributed by atoms with E-state index >= 15 is 0 Å². The molecule has 0 aliphatic heterocycles. The van der Waals surface area contributed by atoms with Crippen molar-refractivity contribution < 1.29 is 18.8 Å². The summed E-state index contributed by atoms with van der Waals surface area (Å²) in [5.41, 5.74) is 1.82. The van der Waals surface area contributed by atoms with E-state index in [9.17, 15) is 0 Å². The number of hydrogen-bond acceptors (Lipinski definition) is 4. The molecule has 0 fully saturated rings. The number of methoxy groups -OCH3 is 3. The molecule has 0 saturated carbocycles. The number of rotatable bonds is 5. The summed E-state index contributed by atoms with van der Waals surface area (Å²) in [6.07, 6.45) is 9.32. The van der Waals surface area contributed by atoms with Gasteiger partial charge in [0, 0.05) is 18.2 Å². The van der Waals surface area contributed by atoms with Crippen LogP contribution in [0.1, 0.15) is 11.3 Å². The zero-order chi connectivity index (χ0) is 15.2. The number of ether oxygens (including phenoxy) is 3. The van der Waals surface area contributed by atoms with Gasteiger partial charge in [0.2, 0.25) is 5.69 Å². The zero-order valence-corrected chi connectivity index (χ0v) is 12.7. The third kappa shape index (κ3) is 3.31. The lowest BCUT2D eigenvalue weighted by Gasteiger charge is -2.12. The molecule has 0 atom stereocenters. The van der Waals surface area contributed by atoms with Gasteiger partial charge in [0.25, 0.3) is 0 Å². The monoisotopic (exact) mass is 287 g/mol. The summed E-state index contributed by atoms with van der Waals surface area (Å²) in [4.78, 5) is 4.12. The van der Waals surface area contributed by atoms with E-state index in [0.717, 1.165) is 11.3 Å². The van der Waals surface area contributed by atoms with Crippen LogP contribution in [-0.2, 0) is 7.05 Å². The van der Waals surface area contributed by atoms with E-state index in [1.54, 1.807) is 33.7 Å². The minimum atomic E-state index is 0.688. The van der Waals surface area contributed by atoms with E-state index in [2.05, 4.69) is 4.98 Å². The first-order valence-electron chi connectivity index (χ1n) is 6.47. The highest BCUT2D eigenvalue weighted by Crippen LogP contribution is 2.35. The molecule has 1 aromatic carbocycles. The Bertz CT molecular complexity index is 629. The van der Waals surface area contributed by atoms with Gasteiger partial charge in [-0.25, -0.2) is 0 Å². The first-order chi connectivity index (χ1) is 10.2. The summed E-state index contributed by atoms with van der Waals surface area (Å²) in [5, 5.41) is 0. The highest BCUT2D eigenvalue weighted by molar-refractivity contribution is 5.75. The Morgan fingerprint density at radius 3 is 2.19 bits per heavy atom. The van der Waals surface area contributed by atoms with Crippen molar-refractivity contribution in [3.8, 4) is 17.2 Å². The van der Waals surface area contributed by atoms with Crippen LogP contribution in [0.25, 0.3) is 12.2 Å². The topological polar surface area (TPSA) is 44.5 Å². The Kier molecular flexibility index (Phi) is 4.77. The quantitative estimate of drug-likeness (QED) is 0.790. The van der Waals surface area contributed by atoms with Crippen LogP contribution in [0.5, 0.6) is 17.2 Å². The van der Waals surface area contributed by atoms with Gasteiger partial charge in [-0.3, -0.25) is 4.98 Å². The smallest absolute Gasteiger partial charge is 0.223 e. The van der Waals surface area contributed by atoms with Crippen molar-refractivity contribution in [1.29, 1.82) is 0 Å². The molecule has 0 radical (unpaired) electrons. The molecule has 0 aliphatic rings. The van der Waals surface area contributed by atoms with Crippen LogP contribution in [0.3, 0.4) is 0 Å². The van der Waals surface area contributed by atoms with Crippen LogP contribution in [0.15, 0.2) is 30.7 Å². The Balaban J connectivity index is 2.45. The Morgan fingerprint density at radius 2 is 1.67 bits per heavy atom. The number of hydrogen-bond donors (Lipinski definition) is 0. The van der Waals surface area contributed by atoms with Crippen molar-refractivity contribution in [1.82, 2.24) is 4.98 Å². The highest BCUT2D eigenvalue weighted by Gasteiger charge is 2.11. The maximum atomic E-state index is 5.42. The molecule has 0 saturated heterocycles. The van der Waals surface area contributed by atoms with E-state index in [1.807, 2.05) is 42.1 Å². The van der Waals surface area contributed by atoms with Gasteiger partial charge < -0.3 is 14.2 Å². The molecule has 5 heteroatoms. The molecule has 0 bridgehead atoms. The van der Waals surface area contributed by atoms with Gasteiger partial charge in [0.15, 0.2) is 6.20 Å². The van der Waals surface area contributed by atoms with Gasteiger partial charge in [0.1, 0.15) is 24.3 Å². The predicted molar refractivity (Wildman–Crippen MR) is 80.4 cm³/mol. The third-order valence-electron chi connectivity index (χ3n) is 3.16. The number of nitrogens with zero attached hydrogens (tertiary/aromatic N) is 2. The summed E-state index contributed by atoms with van der Waals surface area (Å²) in [6.45, 7) is 0. The van der Waals surface area contributed by atoms with E-state index in [1.165, 1.54) is 0 Å². The van der Waals surface area contributed by atoms with Gasteiger partial charge in [-0.1, -0.05) is 0 Å². The second kappa shape index (κ2) is 6.74. The van der Waals surface area contributed by atoms with Crippen LogP contribution >= 0.6 is 0 Å². The van der Waals surface area contributed by atoms with Crippen molar-refractivity contribution in [2.45, 2.75) is 0 Å². The minimum Gasteiger partial charge on any atom is -0.496 e. The molecule has 0 amide bonds. The SMILES string of the molecule is COc1cc(OC)c(C=Cc2cncc[n+]2C)c(OC)c1. The molecule has 1 aromatic heterocycles. The molecular formula is C16H19N2O3+. The van der Waals surface area contributed by atoms with E-state index in [4.69, 9.17) is 14.2 Å². The highest BCUT2D eigenvalue weighted by atomic mass is 16.5. The number of aromatic nitrogens is 2. The second-order valence-electron chi connectivity index (χ2n) is 4.39. The second-order valence-corrected chi connectivity index (χ2v) is 4.39. The summed E-state index contributed by atoms with van der Waals surface area (Å²) in [7, 11) is 6.81. The van der Waals surface area contributed by atoms with Gasteiger partial charge in [-0.15, -0.1) is 0 Å². The van der Waals surface area contributed by atoms with Crippen molar-refractivity contribution >= 4 is 12.2 Å². The fourth-order valence-corrected chi connectivity index (χ4v) is 1.96. The van der Waals surface area contributed by atoms with Gasteiger partial charge in [-0.2, -0.15) is 4.57 Å². The molecule has 21 heavy (non-hydrogen) atoms. The zero-order valence-electron chi connectivity index (χ0n) is 12.7. The van der Waals surface area contributed by atoms with Crippen LogP contribution in [0.2, 0.25) is 0 Å². The maximum Gasteiger partial charge on any atom is 0.223 e. The average Bonchev–Trinajstić information content (AvgIpc) is 2.53. The molecule has 2 aromatic rings. The van der Waals surface area contributed by atoms with Gasteiger partial charge >= 0.3 is 0 Å². The van der Waals surface area contributed by atoms with Gasteiger partial charge in [-0.05, 0) is 6.08 Å². The first-order valence-corrected chi connectivity index (χ1v) is 6.47. The lowest BCUT2D eigenvalue weighted by atomic mass is 10.1. The Hall–Kier alpha value is -2.56. The molecule has 110 valence electrons. The molecule has 0 N–H and O–H groups in total. The van der Waals surface area contributed by atoms with Crippen molar-refractivity contribution in [3.63, 3.8) is 0 Å². The van der Waals surface area contributed by atoms with Crippen LogP contribution in [-0.4, -0.2) is 26.3 Å². The largest absolute Gasteiger partial charge is 0.496 e. The standard InChI is InChI=1S/C16H19N2O3/c1-18-8-7-17-11-12(18)5-6-14-15(20-3)9-13(19-2)10-16(14)21-4/h5-11H,1-4H3/q+1. The number of benzene rings is 1. The van der Waals surface area contributed by atoms with Gasteiger partial charge in [0.05, 0.1) is 39.3 Å². The Morgan fingerprint density at radius 1 is 1.00 bits per heavy atom. The van der Waals surface area contributed by atoms with Crippen molar-refractivity contribution in [2.24, 2.45) is 7.05 Å². The van der Waals surface area contributed by atoms with Crippen LogP contribution < -0.4 is 18.8 Å². The van der Waals surface area contributed by atoms with E-state index in [-0.39, 0.29) is 0 Å². The maximum absolute atomic E-state index is 5.42.